The van der Waals surface area contributed by atoms with Crippen molar-refractivity contribution in [3.05, 3.63) is 41.0 Å². The Labute approximate surface area is 171 Å². The molecule has 8 heteroatoms. The number of likely N-dealkylation sites (tertiary alicyclic amines) is 1. The fraction of sp³-hybridized carbons (Fsp3) is 0.550. The van der Waals surface area contributed by atoms with E-state index in [1.165, 1.54) is 0 Å². The Morgan fingerprint density at radius 3 is 2.79 bits per heavy atom. The third kappa shape index (κ3) is 4.31. The van der Waals surface area contributed by atoms with Crippen LogP contribution in [0.1, 0.15) is 41.5 Å². The Hall–Kier alpha value is -2.12. The zero-order valence-corrected chi connectivity index (χ0v) is 17.3. The first kappa shape index (κ1) is 20.6. The van der Waals surface area contributed by atoms with Gasteiger partial charge in [0.05, 0.1) is 6.54 Å². The van der Waals surface area contributed by atoms with Crippen molar-refractivity contribution in [2.45, 2.75) is 45.7 Å². The van der Waals surface area contributed by atoms with Crippen molar-refractivity contribution < 1.29 is 9.53 Å². The lowest BCUT2D eigenvalue weighted by molar-refractivity contribution is -0.134. The van der Waals surface area contributed by atoms with Gasteiger partial charge in [-0.15, -0.1) is 22.6 Å². The van der Waals surface area contributed by atoms with E-state index in [1.807, 2.05) is 36.9 Å². The third-order valence-electron chi connectivity index (χ3n) is 5.56. The summed E-state index contributed by atoms with van der Waals surface area (Å²) in [6.07, 6.45) is 1.86. The number of halogens is 1. The Bertz CT molecular complexity index is 830. The lowest BCUT2D eigenvalue weighted by atomic mass is 9.95. The average Bonchev–Trinajstić information content (AvgIpc) is 3.13. The molecule has 2 aliphatic heterocycles. The molecule has 1 amide bonds. The number of carbonyl (C=O) groups is 1. The molecule has 3 heterocycles. The van der Waals surface area contributed by atoms with Crippen molar-refractivity contribution in [2.75, 3.05) is 26.2 Å². The van der Waals surface area contributed by atoms with Gasteiger partial charge in [-0.05, 0) is 43.9 Å². The maximum atomic E-state index is 12.6. The van der Waals surface area contributed by atoms with Crippen LogP contribution in [0.3, 0.4) is 0 Å². The standard InChI is InChI=1S/C20H27N5O2.ClH/c1-14-3-4-15(2)17(11-14)27-13-19(26)24-8-5-16(6-9-24)20-23-22-18-12-21-7-10-25(18)20;/h3-4,11,16,21H,5-10,12-13H2,1-2H3;1H. The van der Waals surface area contributed by atoms with Gasteiger partial charge in [-0.2, -0.15) is 0 Å². The van der Waals surface area contributed by atoms with E-state index < -0.39 is 0 Å². The molecule has 0 unspecified atom stereocenters. The second-order valence-corrected chi connectivity index (χ2v) is 7.52. The van der Waals surface area contributed by atoms with Crippen LogP contribution in [0.4, 0.5) is 0 Å². The van der Waals surface area contributed by atoms with Crippen LogP contribution in [-0.2, 0) is 17.9 Å². The van der Waals surface area contributed by atoms with Crippen molar-refractivity contribution in [3.63, 3.8) is 0 Å². The summed E-state index contributed by atoms with van der Waals surface area (Å²) in [6, 6.07) is 6.06. The number of aryl methyl sites for hydroxylation is 2. The number of fused-ring (bicyclic) bond motifs is 1. The molecule has 2 aliphatic rings. The highest BCUT2D eigenvalue weighted by molar-refractivity contribution is 5.85. The molecule has 152 valence electrons. The number of benzene rings is 1. The number of rotatable bonds is 4. The Kier molecular flexibility index (Phi) is 6.57. The lowest BCUT2D eigenvalue weighted by Crippen LogP contribution is -2.41. The minimum Gasteiger partial charge on any atom is -0.483 e. The van der Waals surface area contributed by atoms with Gasteiger partial charge in [0.15, 0.2) is 6.61 Å². The van der Waals surface area contributed by atoms with Crippen LogP contribution in [0, 0.1) is 13.8 Å². The summed E-state index contributed by atoms with van der Waals surface area (Å²) in [7, 11) is 0. The molecule has 7 nitrogen and oxygen atoms in total. The normalized spacial score (nSPS) is 17.0. The minimum atomic E-state index is 0. The summed E-state index contributed by atoms with van der Waals surface area (Å²) in [5.74, 6) is 3.35. The highest BCUT2D eigenvalue weighted by Gasteiger charge is 2.28. The van der Waals surface area contributed by atoms with Crippen molar-refractivity contribution in [2.24, 2.45) is 0 Å². The number of nitrogens with zero attached hydrogens (tertiary/aromatic N) is 4. The second kappa shape index (κ2) is 8.92. The Balaban J connectivity index is 0.00000225. The van der Waals surface area contributed by atoms with E-state index in [9.17, 15) is 4.79 Å². The zero-order valence-electron chi connectivity index (χ0n) is 16.5. The summed E-state index contributed by atoms with van der Waals surface area (Å²) >= 11 is 0. The van der Waals surface area contributed by atoms with Crippen LogP contribution < -0.4 is 10.1 Å². The molecule has 0 saturated carbocycles. The molecule has 4 rings (SSSR count). The van der Waals surface area contributed by atoms with Crippen molar-refractivity contribution in [1.82, 2.24) is 25.0 Å². The van der Waals surface area contributed by atoms with Crippen LogP contribution in [0.25, 0.3) is 0 Å². The number of hydrogen-bond acceptors (Lipinski definition) is 5. The van der Waals surface area contributed by atoms with Gasteiger partial charge in [-0.3, -0.25) is 4.79 Å². The molecule has 2 aromatic rings. The van der Waals surface area contributed by atoms with Gasteiger partial charge in [0.2, 0.25) is 0 Å². The number of hydrogen-bond donors (Lipinski definition) is 1. The summed E-state index contributed by atoms with van der Waals surface area (Å²) in [5.41, 5.74) is 2.19. The highest BCUT2D eigenvalue weighted by atomic mass is 35.5. The van der Waals surface area contributed by atoms with Crippen LogP contribution in [-0.4, -0.2) is 51.8 Å². The van der Waals surface area contributed by atoms with Crippen molar-refractivity contribution >= 4 is 18.3 Å². The van der Waals surface area contributed by atoms with Crippen molar-refractivity contribution in [3.8, 4) is 5.75 Å². The predicted molar refractivity (Wildman–Crippen MR) is 109 cm³/mol. The second-order valence-electron chi connectivity index (χ2n) is 7.52. The monoisotopic (exact) mass is 405 g/mol. The van der Waals surface area contributed by atoms with E-state index in [0.717, 1.165) is 74.1 Å². The minimum absolute atomic E-state index is 0. The smallest absolute Gasteiger partial charge is 0.260 e. The summed E-state index contributed by atoms with van der Waals surface area (Å²) in [6.45, 7) is 8.31. The van der Waals surface area contributed by atoms with Gasteiger partial charge in [0, 0.05) is 32.1 Å². The molecule has 0 atom stereocenters. The van der Waals surface area contributed by atoms with Crippen LogP contribution in [0.15, 0.2) is 18.2 Å². The van der Waals surface area contributed by atoms with Crippen molar-refractivity contribution in [1.29, 1.82) is 0 Å². The Morgan fingerprint density at radius 1 is 1.21 bits per heavy atom. The maximum Gasteiger partial charge on any atom is 0.260 e. The summed E-state index contributed by atoms with van der Waals surface area (Å²) < 4.78 is 8.03. The number of amides is 1. The van der Waals surface area contributed by atoms with E-state index in [2.05, 4.69) is 20.1 Å². The summed E-state index contributed by atoms with van der Waals surface area (Å²) in [4.78, 5) is 14.5. The molecule has 0 radical (unpaired) electrons. The van der Waals surface area contributed by atoms with E-state index >= 15 is 0 Å². The predicted octanol–water partition coefficient (Wildman–Crippen LogP) is 2.20. The molecule has 1 fully saturated rings. The summed E-state index contributed by atoms with van der Waals surface area (Å²) in [5, 5.41) is 12.1. The molecule has 1 aromatic carbocycles. The SMILES string of the molecule is Cc1ccc(C)c(OCC(=O)N2CCC(c3nnc4n3CCNC4)CC2)c1.Cl. The van der Waals surface area contributed by atoms with Crippen LogP contribution in [0.5, 0.6) is 5.75 Å². The highest BCUT2D eigenvalue weighted by Crippen LogP contribution is 2.28. The molecule has 0 spiro atoms. The number of nitrogens with one attached hydrogen (secondary N) is 1. The quantitative estimate of drug-likeness (QED) is 0.844. The van der Waals surface area contributed by atoms with E-state index in [1.54, 1.807) is 0 Å². The van der Waals surface area contributed by atoms with Gasteiger partial charge in [0.25, 0.3) is 5.91 Å². The Morgan fingerprint density at radius 2 is 2.00 bits per heavy atom. The van der Waals surface area contributed by atoms with Gasteiger partial charge < -0.3 is 19.5 Å². The molecule has 0 aliphatic carbocycles. The first-order valence-electron chi connectivity index (χ1n) is 9.72. The first-order chi connectivity index (χ1) is 13.1. The van der Waals surface area contributed by atoms with Gasteiger partial charge in [-0.1, -0.05) is 12.1 Å². The fourth-order valence-electron chi connectivity index (χ4n) is 3.90. The molecule has 1 N–H and O–H groups in total. The van der Waals surface area contributed by atoms with Gasteiger partial charge in [-0.25, -0.2) is 0 Å². The fourth-order valence-corrected chi connectivity index (χ4v) is 3.90. The molecular formula is C20H28ClN5O2. The maximum absolute atomic E-state index is 12.6. The van der Waals surface area contributed by atoms with Crippen LogP contribution >= 0.6 is 12.4 Å². The molecular weight excluding hydrogens is 378 g/mol. The van der Waals surface area contributed by atoms with E-state index in [-0.39, 0.29) is 24.9 Å². The average molecular weight is 406 g/mol. The lowest BCUT2D eigenvalue weighted by Gasteiger charge is -2.32. The van der Waals surface area contributed by atoms with Gasteiger partial charge >= 0.3 is 0 Å². The molecule has 0 bridgehead atoms. The van der Waals surface area contributed by atoms with Gasteiger partial charge in [0.1, 0.15) is 17.4 Å². The molecule has 28 heavy (non-hydrogen) atoms. The third-order valence-corrected chi connectivity index (χ3v) is 5.56. The number of ether oxygens (including phenoxy) is 1. The van der Waals surface area contributed by atoms with E-state index in [4.69, 9.17) is 4.74 Å². The van der Waals surface area contributed by atoms with E-state index in [0.29, 0.717) is 5.92 Å². The number of piperidine rings is 1. The van der Waals surface area contributed by atoms with Crippen LogP contribution in [0.2, 0.25) is 0 Å². The molecule has 1 aromatic heterocycles. The zero-order chi connectivity index (χ0) is 18.8. The first-order valence-corrected chi connectivity index (χ1v) is 9.72. The number of aromatic nitrogens is 3. The molecule has 1 saturated heterocycles. The topological polar surface area (TPSA) is 72.3 Å². The number of carbonyl (C=O) groups excluding carboxylic acids is 1. The largest absolute Gasteiger partial charge is 0.483 e.